The van der Waals surface area contributed by atoms with Crippen LogP contribution in [0.3, 0.4) is 0 Å². The van der Waals surface area contributed by atoms with Gasteiger partial charge < -0.3 is 30.3 Å². The number of thiocarbonyl (C=S) groups is 1. The van der Waals surface area contributed by atoms with Crippen LogP contribution in [-0.4, -0.2) is 54.9 Å². The number of hydrogen-bond donors (Lipinski definition) is 3. The van der Waals surface area contributed by atoms with Gasteiger partial charge in [-0.2, -0.15) is 0 Å². The Bertz CT molecular complexity index is 746. The highest BCUT2D eigenvalue weighted by molar-refractivity contribution is 7.80. The maximum Gasteiger partial charge on any atom is 0.318 e. The molecule has 0 saturated carbocycles. The minimum atomic E-state index is -0.318. The van der Waals surface area contributed by atoms with Gasteiger partial charge in [-0.15, -0.1) is 0 Å². The van der Waals surface area contributed by atoms with Crippen LogP contribution in [0.1, 0.15) is 51.8 Å². The Labute approximate surface area is 179 Å². The van der Waals surface area contributed by atoms with Crippen LogP contribution in [0.4, 0.5) is 4.79 Å². The summed E-state index contributed by atoms with van der Waals surface area (Å²) in [4.78, 5) is 14.9. The molecule has 0 unspecified atom stereocenters. The zero-order chi connectivity index (χ0) is 21.8. The monoisotopic (exact) mass is 422 g/mol. The van der Waals surface area contributed by atoms with Crippen LogP contribution in [-0.2, 0) is 6.42 Å². The second kappa shape index (κ2) is 9.52. The number of benzene rings is 1. The number of nitrogens with one attached hydrogen (secondary N) is 3. The third-order valence-corrected chi connectivity index (χ3v) is 4.88. The summed E-state index contributed by atoms with van der Waals surface area (Å²) in [6, 6.07) is 3.93. The number of rotatable bonds is 5. The summed E-state index contributed by atoms with van der Waals surface area (Å²) in [6.45, 7) is 11.1. The van der Waals surface area contributed by atoms with Crippen molar-refractivity contribution in [2.75, 3.05) is 27.3 Å². The Morgan fingerprint density at radius 3 is 2.41 bits per heavy atom. The first-order valence-corrected chi connectivity index (χ1v) is 10.3. The number of nitrogens with zero attached hydrogens (tertiary/aromatic N) is 1. The predicted molar refractivity (Wildman–Crippen MR) is 120 cm³/mol. The zero-order valence-corrected chi connectivity index (χ0v) is 19.3. The number of carbonyl (C=O) groups excluding carboxylic acids is 1. The van der Waals surface area contributed by atoms with Crippen molar-refractivity contribution in [3.63, 3.8) is 0 Å². The van der Waals surface area contributed by atoms with Crippen molar-refractivity contribution in [3.05, 3.63) is 23.3 Å². The Balaban J connectivity index is 2.36. The lowest BCUT2D eigenvalue weighted by Crippen LogP contribution is -2.54. The number of urea groups is 1. The minimum Gasteiger partial charge on any atom is -0.493 e. The topological polar surface area (TPSA) is 74.9 Å². The predicted octanol–water partition coefficient (Wildman–Crippen LogP) is 2.98. The van der Waals surface area contributed by atoms with E-state index in [1.165, 1.54) is 0 Å². The average molecular weight is 423 g/mol. The Morgan fingerprint density at radius 1 is 1.24 bits per heavy atom. The standard InChI is InChI=1S/C21H34N4O3S/c1-13(2)23-19(29)22-12-16-15-11-18(28-7)17(27-6)10-14(15)8-9-25(16)20(26)24-21(3,4)5/h10-11,13,16H,8-9,12H2,1-7H3,(H,24,26)(H2,22,23,29)/t16-/m1/s1. The third kappa shape index (κ3) is 6.13. The van der Waals surface area contributed by atoms with E-state index in [1.54, 1.807) is 14.2 Å². The SMILES string of the molecule is COc1cc2c(cc1OC)[C@@H](CNC(=S)NC(C)C)N(C(=O)NC(C)(C)C)CC2. The molecule has 29 heavy (non-hydrogen) atoms. The lowest BCUT2D eigenvalue weighted by atomic mass is 9.91. The van der Waals surface area contributed by atoms with Crippen molar-refractivity contribution < 1.29 is 14.3 Å². The molecule has 1 aliphatic rings. The van der Waals surface area contributed by atoms with Gasteiger partial charge >= 0.3 is 6.03 Å². The van der Waals surface area contributed by atoms with Crippen LogP contribution in [0.2, 0.25) is 0 Å². The lowest BCUT2D eigenvalue weighted by Gasteiger charge is -2.39. The molecule has 162 valence electrons. The maximum absolute atomic E-state index is 13.0. The van der Waals surface area contributed by atoms with E-state index in [-0.39, 0.29) is 23.7 Å². The molecule has 0 aliphatic carbocycles. The van der Waals surface area contributed by atoms with E-state index in [4.69, 9.17) is 21.7 Å². The molecule has 7 nitrogen and oxygen atoms in total. The van der Waals surface area contributed by atoms with Crippen molar-refractivity contribution in [2.45, 2.75) is 58.7 Å². The molecule has 0 fully saturated rings. The van der Waals surface area contributed by atoms with Gasteiger partial charge in [0.05, 0.1) is 20.3 Å². The molecule has 1 atom stereocenters. The van der Waals surface area contributed by atoms with Crippen molar-refractivity contribution in [1.29, 1.82) is 0 Å². The van der Waals surface area contributed by atoms with Crippen molar-refractivity contribution in [3.8, 4) is 11.5 Å². The van der Waals surface area contributed by atoms with E-state index < -0.39 is 0 Å². The van der Waals surface area contributed by atoms with Crippen molar-refractivity contribution in [2.24, 2.45) is 0 Å². The van der Waals surface area contributed by atoms with Crippen LogP contribution < -0.4 is 25.4 Å². The summed E-state index contributed by atoms with van der Waals surface area (Å²) in [6.07, 6.45) is 0.748. The summed E-state index contributed by atoms with van der Waals surface area (Å²) in [5.74, 6) is 1.35. The van der Waals surface area contributed by atoms with Gasteiger partial charge in [-0.25, -0.2) is 4.79 Å². The quantitative estimate of drug-likeness (QED) is 0.634. The summed E-state index contributed by atoms with van der Waals surface area (Å²) < 4.78 is 11.0. The molecule has 2 rings (SSSR count). The first-order valence-electron chi connectivity index (χ1n) is 9.93. The number of ether oxygens (including phenoxy) is 2. The van der Waals surface area contributed by atoms with Crippen LogP contribution in [0.25, 0.3) is 0 Å². The maximum atomic E-state index is 13.0. The van der Waals surface area contributed by atoms with Crippen LogP contribution in [0.5, 0.6) is 11.5 Å². The van der Waals surface area contributed by atoms with E-state index in [2.05, 4.69) is 16.0 Å². The number of hydrogen-bond acceptors (Lipinski definition) is 4. The van der Waals surface area contributed by atoms with Gasteiger partial charge in [0.2, 0.25) is 0 Å². The number of fused-ring (bicyclic) bond motifs is 1. The summed E-state index contributed by atoms with van der Waals surface area (Å²) in [7, 11) is 3.25. The second-order valence-corrected chi connectivity index (χ2v) is 8.96. The molecule has 1 aromatic rings. The molecular formula is C21H34N4O3S. The van der Waals surface area contributed by atoms with Gasteiger partial charge in [0.1, 0.15) is 0 Å². The van der Waals surface area contributed by atoms with Gasteiger partial charge in [0, 0.05) is 24.7 Å². The van der Waals surface area contributed by atoms with Gasteiger partial charge in [0.15, 0.2) is 16.6 Å². The van der Waals surface area contributed by atoms with Crippen molar-refractivity contribution in [1.82, 2.24) is 20.9 Å². The smallest absolute Gasteiger partial charge is 0.318 e. The van der Waals surface area contributed by atoms with Gasteiger partial charge in [-0.05, 0) is 76.5 Å². The zero-order valence-electron chi connectivity index (χ0n) is 18.5. The first-order chi connectivity index (χ1) is 13.6. The highest BCUT2D eigenvalue weighted by Crippen LogP contribution is 2.38. The molecule has 2 amide bonds. The van der Waals surface area contributed by atoms with E-state index in [0.717, 1.165) is 17.5 Å². The highest BCUT2D eigenvalue weighted by atomic mass is 32.1. The molecule has 3 N–H and O–H groups in total. The van der Waals surface area contributed by atoms with Gasteiger partial charge in [0.25, 0.3) is 0 Å². The fourth-order valence-corrected chi connectivity index (χ4v) is 3.71. The molecule has 0 spiro atoms. The van der Waals surface area contributed by atoms with E-state index in [1.807, 2.05) is 51.7 Å². The third-order valence-electron chi connectivity index (χ3n) is 4.62. The Hall–Kier alpha value is -2.22. The molecule has 1 aromatic carbocycles. The Morgan fingerprint density at radius 2 is 1.86 bits per heavy atom. The number of carbonyl (C=O) groups is 1. The lowest BCUT2D eigenvalue weighted by molar-refractivity contribution is 0.161. The molecule has 0 bridgehead atoms. The fraction of sp³-hybridized carbons (Fsp3) is 0.619. The molecular weight excluding hydrogens is 388 g/mol. The number of amides is 2. The van der Waals surface area contributed by atoms with Crippen LogP contribution >= 0.6 is 12.2 Å². The molecule has 1 aliphatic heterocycles. The van der Waals surface area contributed by atoms with E-state index in [9.17, 15) is 4.79 Å². The minimum absolute atomic E-state index is 0.0903. The highest BCUT2D eigenvalue weighted by Gasteiger charge is 2.33. The molecule has 1 heterocycles. The number of methoxy groups -OCH3 is 2. The average Bonchev–Trinajstić information content (AvgIpc) is 2.62. The summed E-state index contributed by atoms with van der Waals surface area (Å²) in [5.41, 5.74) is 1.87. The normalized spacial score (nSPS) is 16.1. The van der Waals surface area contributed by atoms with E-state index >= 15 is 0 Å². The first kappa shape index (κ1) is 23.1. The largest absolute Gasteiger partial charge is 0.493 e. The molecule has 0 radical (unpaired) electrons. The molecule has 0 saturated heterocycles. The van der Waals surface area contributed by atoms with Gasteiger partial charge in [-0.1, -0.05) is 0 Å². The summed E-state index contributed by atoms with van der Waals surface area (Å²) >= 11 is 5.39. The Kier molecular flexibility index (Phi) is 7.57. The van der Waals surface area contributed by atoms with Crippen molar-refractivity contribution >= 4 is 23.4 Å². The summed E-state index contributed by atoms with van der Waals surface area (Å²) in [5, 5.41) is 10.1. The second-order valence-electron chi connectivity index (χ2n) is 8.55. The van der Waals surface area contributed by atoms with Crippen LogP contribution in [0.15, 0.2) is 12.1 Å². The fourth-order valence-electron chi connectivity index (χ4n) is 3.39. The molecule has 8 heteroatoms. The van der Waals surface area contributed by atoms with Crippen LogP contribution in [0, 0.1) is 0 Å². The van der Waals surface area contributed by atoms with Gasteiger partial charge in [-0.3, -0.25) is 0 Å². The molecule has 0 aromatic heterocycles. The van der Waals surface area contributed by atoms with E-state index in [0.29, 0.717) is 29.7 Å².